The van der Waals surface area contributed by atoms with Crippen molar-refractivity contribution in [1.82, 2.24) is 0 Å². The highest BCUT2D eigenvalue weighted by atomic mass is 28.1. The highest BCUT2D eigenvalue weighted by Crippen LogP contribution is 2.45. The normalized spacial score (nSPS) is 25.5. The van der Waals surface area contributed by atoms with Gasteiger partial charge in [-0.15, -0.1) is 0 Å². The zero-order valence-electron chi connectivity index (χ0n) is 7.61. The van der Waals surface area contributed by atoms with Gasteiger partial charge in [0.05, 0.1) is 0 Å². The van der Waals surface area contributed by atoms with Crippen molar-refractivity contribution in [1.29, 1.82) is 0 Å². The van der Waals surface area contributed by atoms with E-state index in [-0.39, 0.29) is 0 Å². The zero-order chi connectivity index (χ0) is 7.61. The van der Waals surface area contributed by atoms with Crippen LogP contribution in [0.5, 0.6) is 0 Å². The zero-order valence-corrected chi connectivity index (χ0v) is 9.61. The second-order valence-corrected chi connectivity index (χ2v) is 6.36. The van der Waals surface area contributed by atoms with Crippen LogP contribution in [0.15, 0.2) is 0 Å². The molecule has 1 fully saturated rings. The quantitative estimate of drug-likeness (QED) is 0.510. The molecule has 0 atom stereocenters. The molecular weight excluding hydrogens is 136 g/mol. The van der Waals surface area contributed by atoms with Crippen LogP contribution in [0, 0.1) is 5.92 Å². The van der Waals surface area contributed by atoms with Crippen molar-refractivity contribution in [3.8, 4) is 0 Å². The molecule has 1 rings (SSSR count). The van der Waals surface area contributed by atoms with Gasteiger partial charge in [-0.1, -0.05) is 46.0 Å². The van der Waals surface area contributed by atoms with Crippen molar-refractivity contribution in [2.75, 3.05) is 0 Å². The molecule has 0 radical (unpaired) electrons. The first-order valence-corrected chi connectivity index (χ1v) is 5.65. The Bertz CT molecular complexity index is 101. The Kier molecular flexibility index (Phi) is 2.56. The van der Waals surface area contributed by atoms with E-state index in [0.29, 0.717) is 0 Å². The van der Waals surface area contributed by atoms with Crippen molar-refractivity contribution in [3.05, 3.63) is 0 Å². The Hall–Kier alpha value is 0.217. The van der Waals surface area contributed by atoms with E-state index in [1.54, 1.807) is 0 Å². The Morgan fingerprint density at radius 2 is 1.60 bits per heavy atom. The maximum absolute atomic E-state index is 2.40. The standard InChI is InChI=1S/C9H20Si/c1-8(2)9(10)6-4-3-5-7-9/h8H,3-7H2,1-2,10H3. The van der Waals surface area contributed by atoms with Gasteiger partial charge >= 0.3 is 0 Å². The maximum Gasteiger partial charge on any atom is 0.0110 e. The summed E-state index contributed by atoms with van der Waals surface area (Å²) in [6.07, 6.45) is 7.55. The van der Waals surface area contributed by atoms with Gasteiger partial charge in [0.25, 0.3) is 0 Å². The molecule has 1 aliphatic carbocycles. The summed E-state index contributed by atoms with van der Waals surface area (Å²) in [4.78, 5) is 0. The van der Waals surface area contributed by atoms with Gasteiger partial charge in [0.2, 0.25) is 0 Å². The lowest BCUT2D eigenvalue weighted by atomic mass is 9.80. The fourth-order valence-corrected chi connectivity index (χ4v) is 2.64. The average molecular weight is 156 g/mol. The van der Waals surface area contributed by atoms with Crippen LogP contribution >= 0.6 is 0 Å². The Morgan fingerprint density at radius 1 is 1.10 bits per heavy atom. The third-order valence-electron chi connectivity index (χ3n) is 3.39. The fourth-order valence-electron chi connectivity index (χ4n) is 1.94. The molecule has 0 aromatic heterocycles. The van der Waals surface area contributed by atoms with Gasteiger partial charge < -0.3 is 0 Å². The predicted molar refractivity (Wildman–Crippen MR) is 50.6 cm³/mol. The van der Waals surface area contributed by atoms with Crippen molar-refractivity contribution >= 4 is 10.2 Å². The van der Waals surface area contributed by atoms with Gasteiger partial charge in [-0.2, -0.15) is 0 Å². The lowest BCUT2D eigenvalue weighted by molar-refractivity contribution is 0.300. The molecule has 0 aromatic carbocycles. The summed E-state index contributed by atoms with van der Waals surface area (Å²) in [6, 6.07) is 0. The summed E-state index contributed by atoms with van der Waals surface area (Å²) >= 11 is 0. The summed E-state index contributed by atoms with van der Waals surface area (Å²) in [5.41, 5.74) is 0. The van der Waals surface area contributed by atoms with Crippen LogP contribution in [0.2, 0.25) is 5.04 Å². The second kappa shape index (κ2) is 3.08. The van der Waals surface area contributed by atoms with E-state index >= 15 is 0 Å². The Morgan fingerprint density at radius 3 is 1.90 bits per heavy atom. The predicted octanol–water partition coefficient (Wildman–Crippen LogP) is 2.13. The van der Waals surface area contributed by atoms with Crippen molar-refractivity contribution < 1.29 is 0 Å². The van der Waals surface area contributed by atoms with Gasteiger partial charge in [0.1, 0.15) is 0 Å². The van der Waals surface area contributed by atoms with Crippen LogP contribution in [0.1, 0.15) is 46.0 Å². The Labute approximate surface area is 67.8 Å². The van der Waals surface area contributed by atoms with Crippen molar-refractivity contribution in [3.63, 3.8) is 0 Å². The molecule has 60 valence electrons. The Balaban J connectivity index is 2.48. The molecule has 0 amide bonds. The van der Waals surface area contributed by atoms with Gasteiger partial charge in [-0.05, 0) is 11.0 Å². The summed E-state index contributed by atoms with van der Waals surface area (Å²) in [5.74, 6) is 0.944. The molecule has 10 heavy (non-hydrogen) atoms. The highest BCUT2D eigenvalue weighted by Gasteiger charge is 2.29. The van der Waals surface area contributed by atoms with Gasteiger partial charge in [0.15, 0.2) is 0 Å². The van der Waals surface area contributed by atoms with E-state index in [1.165, 1.54) is 42.3 Å². The van der Waals surface area contributed by atoms with Crippen LogP contribution in [0.25, 0.3) is 0 Å². The molecule has 0 heterocycles. The molecule has 0 N–H and O–H groups in total. The number of rotatable bonds is 1. The van der Waals surface area contributed by atoms with Gasteiger partial charge in [-0.3, -0.25) is 0 Å². The van der Waals surface area contributed by atoms with Gasteiger partial charge in [0, 0.05) is 10.2 Å². The molecule has 1 aliphatic rings. The minimum Gasteiger partial charge on any atom is -0.0626 e. The minimum absolute atomic E-state index is 0.818. The van der Waals surface area contributed by atoms with E-state index < -0.39 is 0 Å². The molecule has 1 saturated carbocycles. The number of hydrogen-bond acceptors (Lipinski definition) is 0. The third-order valence-corrected chi connectivity index (χ3v) is 5.54. The molecule has 0 aromatic rings. The molecule has 0 unspecified atom stereocenters. The van der Waals surface area contributed by atoms with E-state index in [1.807, 2.05) is 0 Å². The molecule has 0 bridgehead atoms. The summed E-state index contributed by atoms with van der Waals surface area (Å²) in [7, 11) is 1.41. The monoisotopic (exact) mass is 156 g/mol. The summed E-state index contributed by atoms with van der Waals surface area (Å²) in [6.45, 7) is 4.80. The molecule has 0 spiro atoms. The highest BCUT2D eigenvalue weighted by molar-refractivity contribution is 6.15. The molecule has 0 aliphatic heterocycles. The van der Waals surface area contributed by atoms with Crippen LogP contribution < -0.4 is 0 Å². The first kappa shape index (κ1) is 8.31. The van der Waals surface area contributed by atoms with E-state index in [0.717, 1.165) is 11.0 Å². The second-order valence-electron chi connectivity index (χ2n) is 4.37. The topological polar surface area (TPSA) is 0 Å². The first-order valence-electron chi connectivity index (χ1n) is 4.65. The maximum atomic E-state index is 2.40. The van der Waals surface area contributed by atoms with Crippen molar-refractivity contribution in [2.45, 2.75) is 51.0 Å². The van der Waals surface area contributed by atoms with E-state index in [4.69, 9.17) is 0 Å². The summed E-state index contributed by atoms with van der Waals surface area (Å²) < 4.78 is 0. The lowest BCUT2D eigenvalue weighted by Crippen LogP contribution is -2.22. The SMILES string of the molecule is CC(C)C1([SiH3])CCCCC1. The van der Waals surface area contributed by atoms with Crippen molar-refractivity contribution in [2.24, 2.45) is 5.92 Å². The molecule has 0 saturated heterocycles. The first-order chi connectivity index (χ1) is 4.65. The van der Waals surface area contributed by atoms with Crippen LogP contribution in [-0.2, 0) is 0 Å². The summed E-state index contributed by atoms with van der Waals surface area (Å²) in [5, 5.41) is 0.818. The number of hydrogen-bond donors (Lipinski definition) is 0. The van der Waals surface area contributed by atoms with Crippen LogP contribution in [0.4, 0.5) is 0 Å². The fraction of sp³-hybridized carbons (Fsp3) is 1.00. The largest absolute Gasteiger partial charge is 0.0626 e. The molecule has 0 nitrogen and oxygen atoms in total. The average Bonchev–Trinajstić information content (AvgIpc) is 1.89. The van der Waals surface area contributed by atoms with E-state index in [2.05, 4.69) is 13.8 Å². The van der Waals surface area contributed by atoms with Crippen LogP contribution in [-0.4, -0.2) is 10.2 Å². The minimum atomic E-state index is 0.818. The smallest absolute Gasteiger partial charge is 0.0110 e. The van der Waals surface area contributed by atoms with Gasteiger partial charge in [-0.25, -0.2) is 0 Å². The third kappa shape index (κ3) is 1.63. The molecular formula is C9H20Si. The molecule has 1 heteroatoms. The lowest BCUT2D eigenvalue weighted by Gasteiger charge is -2.37. The van der Waals surface area contributed by atoms with E-state index in [9.17, 15) is 0 Å². The van der Waals surface area contributed by atoms with Crippen LogP contribution in [0.3, 0.4) is 0 Å².